The molecule has 0 aliphatic rings. The number of hydrogen-bond donors (Lipinski definition) is 1. The third-order valence-corrected chi connectivity index (χ3v) is 4.27. The predicted octanol–water partition coefficient (Wildman–Crippen LogP) is 4.32. The summed E-state index contributed by atoms with van der Waals surface area (Å²) in [7, 11) is 1.35. The van der Waals surface area contributed by atoms with Crippen molar-refractivity contribution in [3.05, 3.63) is 86.2 Å². The van der Waals surface area contributed by atoms with E-state index in [-0.39, 0.29) is 28.5 Å². The number of nitriles is 1. The van der Waals surface area contributed by atoms with E-state index in [1.807, 2.05) is 0 Å². The normalized spacial score (nSPS) is 10.8. The Balaban J connectivity index is 1.85. The van der Waals surface area contributed by atoms with Crippen LogP contribution in [0.4, 0.5) is 17.1 Å². The van der Waals surface area contributed by atoms with Gasteiger partial charge in [-0.2, -0.15) is 5.26 Å². The molecule has 0 aliphatic carbocycles. The molecule has 0 bridgehead atoms. The molecule has 2 aromatic carbocycles. The number of nitro groups is 2. The summed E-state index contributed by atoms with van der Waals surface area (Å²) in [4.78, 5) is 33.5. The van der Waals surface area contributed by atoms with E-state index >= 15 is 0 Å². The number of furan rings is 1. The number of amides is 1. The summed E-state index contributed by atoms with van der Waals surface area (Å²) in [6.07, 6.45) is 1.16. The van der Waals surface area contributed by atoms with Gasteiger partial charge in [-0.3, -0.25) is 25.0 Å². The van der Waals surface area contributed by atoms with Crippen molar-refractivity contribution in [2.75, 3.05) is 12.4 Å². The SMILES string of the molecule is COc1ccc(NC(=O)/C(C#N)=C/c2ccc(-c3cccc([N+](=O)[O-])c3)o2)c([N+](=O)[O-])c1. The maximum Gasteiger partial charge on any atom is 0.296 e. The molecule has 160 valence electrons. The molecule has 1 aromatic heterocycles. The van der Waals surface area contributed by atoms with Crippen LogP contribution in [-0.2, 0) is 4.79 Å². The lowest BCUT2D eigenvalue weighted by Gasteiger charge is -2.07. The van der Waals surface area contributed by atoms with Crippen molar-refractivity contribution < 1.29 is 23.8 Å². The predicted molar refractivity (Wildman–Crippen MR) is 113 cm³/mol. The first kappa shape index (κ1) is 21.7. The van der Waals surface area contributed by atoms with Crippen LogP contribution in [0.1, 0.15) is 5.76 Å². The minimum Gasteiger partial charge on any atom is -0.496 e. The summed E-state index contributed by atoms with van der Waals surface area (Å²) in [5.74, 6) is -0.213. The zero-order chi connectivity index (χ0) is 23.3. The van der Waals surface area contributed by atoms with E-state index in [9.17, 15) is 30.3 Å². The smallest absolute Gasteiger partial charge is 0.296 e. The lowest BCUT2D eigenvalue weighted by molar-refractivity contribution is -0.384. The van der Waals surface area contributed by atoms with Crippen LogP contribution in [0.2, 0.25) is 0 Å². The quantitative estimate of drug-likeness (QED) is 0.249. The van der Waals surface area contributed by atoms with E-state index < -0.39 is 21.4 Å². The van der Waals surface area contributed by atoms with Gasteiger partial charge in [0.25, 0.3) is 17.3 Å². The summed E-state index contributed by atoms with van der Waals surface area (Å²) >= 11 is 0. The highest BCUT2D eigenvalue weighted by atomic mass is 16.6. The van der Waals surface area contributed by atoms with Gasteiger partial charge in [-0.15, -0.1) is 0 Å². The molecule has 11 nitrogen and oxygen atoms in total. The molecule has 0 radical (unpaired) electrons. The van der Waals surface area contributed by atoms with Crippen molar-refractivity contribution in [2.45, 2.75) is 0 Å². The number of anilines is 1. The van der Waals surface area contributed by atoms with Crippen LogP contribution in [0, 0.1) is 31.6 Å². The number of carbonyl (C=O) groups excluding carboxylic acids is 1. The largest absolute Gasteiger partial charge is 0.496 e. The molecular formula is C21H14N4O7. The molecule has 1 heterocycles. The number of methoxy groups -OCH3 is 1. The number of rotatable bonds is 7. The monoisotopic (exact) mass is 434 g/mol. The molecule has 0 aliphatic heterocycles. The number of nitrogens with zero attached hydrogens (tertiary/aromatic N) is 3. The van der Waals surface area contributed by atoms with Gasteiger partial charge in [0.15, 0.2) is 0 Å². The molecule has 1 N–H and O–H groups in total. The number of nitro benzene ring substituents is 2. The minimum absolute atomic E-state index is 0.112. The van der Waals surface area contributed by atoms with Gasteiger partial charge in [-0.25, -0.2) is 0 Å². The molecule has 0 saturated carbocycles. The van der Waals surface area contributed by atoms with Crippen LogP contribution in [-0.4, -0.2) is 22.9 Å². The van der Waals surface area contributed by atoms with Gasteiger partial charge >= 0.3 is 0 Å². The summed E-state index contributed by atoms with van der Waals surface area (Å²) in [6, 6.07) is 14.4. The fourth-order valence-corrected chi connectivity index (χ4v) is 2.73. The Kier molecular flexibility index (Phi) is 6.26. The first-order valence-corrected chi connectivity index (χ1v) is 8.92. The van der Waals surface area contributed by atoms with Gasteiger partial charge < -0.3 is 14.5 Å². The second-order valence-electron chi connectivity index (χ2n) is 6.27. The maximum absolute atomic E-state index is 12.5. The third-order valence-electron chi connectivity index (χ3n) is 4.27. The minimum atomic E-state index is -0.880. The first-order chi connectivity index (χ1) is 15.3. The van der Waals surface area contributed by atoms with Crippen LogP contribution in [0.3, 0.4) is 0 Å². The van der Waals surface area contributed by atoms with E-state index in [1.165, 1.54) is 49.6 Å². The van der Waals surface area contributed by atoms with Crippen molar-refractivity contribution in [1.82, 2.24) is 0 Å². The Morgan fingerprint density at radius 2 is 1.91 bits per heavy atom. The average molecular weight is 434 g/mol. The van der Waals surface area contributed by atoms with Crippen molar-refractivity contribution in [2.24, 2.45) is 0 Å². The molecule has 0 unspecified atom stereocenters. The molecule has 1 amide bonds. The average Bonchev–Trinajstić information content (AvgIpc) is 3.26. The summed E-state index contributed by atoms with van der Waals surface area (Å²) in [5, 5.41) is 33.9. The summed E-state index contributed by atoms with van der Waals surface area (Å²) < 4.78 is 10.5. The zero-order valence-corrected chi connectivity index (χ0v) is 16.5. The second-order valence-corrected chi connectivity index (χ2v) is 6.27. The van der Waals surface area contributed by atoms with E-state index in [4.69, 9.17) is 9.15 Å². The highest BCUT2D eigenvalue weighted by molar-refractivity contribution is 6.10. The van der Waals surface area contributed by atoms with E-state index in [0.29, 0.717) is 11.3 Å². The molecule has 0 spiro atoms. The van der Waals surface area contributed by atoms with E-state index in [2.05, 4.69) is 5.32 Å². The lowest BCUT2D eigenvalue weighted by Crippen LogP contribution is -2.14. The van der Waals surface area contributed by atoms with E-state index in [0.717, 1.165) is 12.1 Å². The molecule has 11 heteroatoms. The van der Waals surface area contributed by atoms with Crippen LogP contribution in [0.5, 0.6) is 5.75 Å². The van der Waals surface area contributed by atoms with Gasteiger partial charge in [-0.1, -0.05) is 12.1 Å². The fourth-order valence-electron chi connectivity index (χ4n) is 2.73. The highest BCUT2D eigenvalue weighted by Crippen LogP contribution is 2.30. The fraction of sp³-hybridized carbons (Fsp3) is 0.0476. The number of benzene rings is 2. The number of carbonyl (C=O) groups is 1. The van der Waals surface area contributed by atoms with Gasteiger partial charge in [-0.05, 0) is 24.3 Å². The summed E-state index contributed by atoms with van der Waals surface area (Å²) in [6.45, 7) is 0. The molecule has 0 saturated heterocycles. The van der Waals surface area contributed by atoms with Crippen LogP contribution < -0.4 is 10.1 Å². The third kappa shape index (κ3) is 4.77. The highest BCUT2D eigenvalue weighted by Gasteiger charge is 2.19. The zero-order valence-electron chi connectivity index (χ0n) is 16.5. The van der Waals surface area contributed by atoms with Gasteiger partial charge in [0.05, 0.1) is 23.0 Å². The Bertz CT molecular complexity index is 1290. The lowest BCUT2D eigenvalue weighted by atomic mass is 10.1. The van der Waals surface area contributed by atoms with Gasteiger partial charge in [0, 0.05) is 23.8 Å². The van der Waals surface area contributed by atoms with Crippen LogP contribution in [0.25, 0.3) is 17.4 Å². The Morgan fingerprint density at radius 1 is 1.12 bits per heavy atom. The number of non-ortho nitro benzene ring substituents is 1. The standard InChI is InChI=1S/C21H14N4O7/c1-31-16-5-7-18(19(11-16)25(29)30)23-21(26)14(12-22)10-17-6-8-20(32-17)13-3-2-4-15(9-13)24(27)28/h2-11H,1H3,(H,23,26)/b14-10+. The van der Waals surface area contributed by atoms with Gasteiger partial charge in [0.2, 0.25) is 0 Å². The molecule has 32 heavy (non-hydrogen) atoms. The van der Waals surface area contributed by atoms with Crippen LogP contribution in [0.15, 0.2) is 64.6 Å². The van der Waals surface area contributed by atoms with Crippen molar-refractivity contribution >= 4 is 29.0 Å². The number of nitrogens with one attached hydrogen (secondary N) is 1. The second kappa shape index (κ2) is 9.23. The Morgan fingerprint density at radius 3 is 2.56 bits per heavy atom. The van der Waals surface area contributed by atoms with Crippen LogP contribution >= 0.6 is 0 Å². The van der Waals surface area contributed by atoms with Crippen molar-refractivity contribution in [3.8, 4) is 23.1 Å². The van der Waals surface area contributed by atoms with Crippen molar-refractivity contribution in [3.63, 3.8) is 0 Å². The maximum atomic E-state index is 12.5. The number of ether oxygens (including phenoxy) is 1. The van der Waals surface area contributed by atoms with Crippen molar-refractivity contribution in [1.29, 1.82) is 5.26 Å². The molecule has 3 aromatic rings. The molecule has 0 atom stereocenters. The Labute approximate surface area is 180 Å². The molecule has 0 fully saturated rings. The summed E-state index contributed by atoms with van der Waals surface area (Å²) in [5.41, 5.74) is -0.556. The Hall–Kier alpha value is -4.98. The number of hydrogen-bond acceptors (Lipinski definition) is 8. The molecule has 3 rings (SSSR count). The first-order valence-electron chi connectivity index (χ1n) is 8.92. The molecular weight excluding hydrogens is 420 g/mol. The van der Waals surface area contributed by atoms with Gasteiger partial charge in [0.1, 0.15) is 34.6 Å². The topological polar surface area (TPSA) is 162 Å². The van der Waals surface area contributed by atoms with E-state index in [1.54, 1.807) is 12.1 Å².